The summed E-state index contributed by atoms with van der Waals surface area (Å²) in [7, 11) is 1.63. The van der Waals surface area contributed by atoms with Gasteiger partial charge in [0.15, 0.2) is 0 Å². The fourth-order valence-corrected chi connectivity index (χ4v) is 2.36. The number of nitrogens with one attached hydrogen (secondary N) is 1. The van der Waals surface area contributed by atoms with Crippen molar-refractivity contribution in [3.05, 3.63) is 54.1 Å². The summed E-state index contributed by atoms with van der Waals surface area (Å²) >= 11 is 0. The fraction of sp³-hybridized carbons (Fsp3) is 0.333. The molecule has 0 fully saturated rings. The van der Waals surface area contributed by atoms with E-state index in [1.165, 1.54) is 5.56 Å². The van der Waals surface area contributed by atoms with Gasteiger partial charge in [0.05, 0.1) is 18.5 Å². The Balaban J connectivity index is 2.03. The first-order valence-electron chi connectivity index (χ1n) is 7.26. The summed E-state index contributed by atoms with van der Waals surface area (Å²) in [5, 5.41) is 3.53. The Kier molecular flexibility index (Phi) is 4.73. The van der Waals surface area contributed by atoms with Gasteiger partial charge in [0.2, 0.25) is 0 Å². The number of aryl methyl sites for hydroxylation is 1. The predicted octanol–water partition coefficient (Wildman–Crippen LogP) is 4.10. The highest BCUT2D eigenvalue weighted by Gasteiger charge is 2.19. The maximum absolute atomic E-state index is 6.12. The van der Waals surface area contributed by atoms with Crippen LogP contribution in [0.2, 0.25) is 0 Å². The molecule has 0 saturated heterocycles. The fourth-order valence-electron chi connectivity index (χ4n) is 2.36. The lowest BCUT2D eigenvalue weighted by Gasteiger charge is -2.28. The molecule has 0 heterocycles. The van der Waals surface area contributed by atoms with Crippen molar-refractivity contribution >= 4 is 11.4 Å². The average Bonchev–Trinajstić information content (AvgIpc) is 2.48. The highest BCUT2D eigenvalue weighted by atomic mass is 16.5. The number of rotatable bonds is 6. The Labute approximate surface area is 127 Å². The molecule has 0 atom stereocenters. The summed E-state index contributed by atoms with van der Waals surface area (Å²) in [5.41, 5.74) is 9.01. The molecule has 112 valence electrons. The lowest BCUT2D eigenvalue weighted by molar-refractivity contribution is 0.417. The second kappa shape index (κ2) is 6.53. The van der Waals surface area contributed by atoms with E-state index >= 15 is 0 Å². The molecular weight excluding hydrogens is 260 g/mol. The minimum absolute atomic E-state index is 0.0453. The van der Waals surface area contributed by atoms with Crippen LogP contribution in [0.5, 0.6) is 5.75 Å². The van der Waals surface area contributed by atoms with E-state index in [4.69, 9.17) is 10.5 Å². The van der Waals surface area contributed by atoms with Gasteiger partial charge in [-0.3, -0.25) is 0 Å². The molecule has 0 amide bonds. The van der Waals surface area contributed by atoms with Gasteiger partial charge >= 0.3 is 0 Å². The van der Waals surface area contributed by atoms with Crippen LogP contribution in [0.25, 0.3) is 0 Å². The highest BCUT2D eigenvalue weighted by molar-refractivity contribution is 5.73. The van der Waals surface area contributed by atoms with Gasteiger partial charge in [0.1, 0.15) is 5.75 Å². The zero-order valence-electron chi connectivity index (χ0n) is 13.0. The smallest absolute Gasteiger partial charge is 0.143 e. The monoisotopic (exact) mass is 284 g/mol. The van der Waals surface area contributed by atoms with E-state index in [-0.39, 0.29) is 5.54 Å². The maximum atomic E-state index is 6.12. The largest absolute Gasteiger partial charge is 0.495 e. The van der Waals surface area contributed by atoms with Crippen LogP contribution in [0.1, 0.15) is 25.8 Å². The topological polar surface area (TPSA) is 47.3 Å². The van der Waals surface area contributed by atoms with Crippen molar-refractivity contribution in [1.29, 1.82) is 0 Å². The van der Waals surface area contributed by atoms with Gasteiger partial charge in [-0.1, -0.05) is 36.4 Å². The molecule has 0 aliphatic rings. The van der Waals surface area contributed by atoms with Gasteiger partial charge in [-0.2, -0.15) is 0 Å². The summed E-state index contributed by atoms with van der Waals surface area (Å²) in [6.07, 6.45) is 2.05. The molecule has 3 N–H and O–H groups in total. The summed E-state index contributed by atoms with van der Waals surface area (Å²) < 4.78 is 5.26. The Bertz CT molecular complexity index is 579. The second-order valence-corrected chi connectivity index (χ2v) is 5.92. The van der Waals surface area contributed by atoms with Crippen LogP contribution >= 0.6 is 0 Å². The number of benzene rings is 2. The summed E-state index contributed by atoms with van der Waals surface area (Å²) in [4.78, 5) is 0. The molecule has 0 radical (unpaired) electrons. The number of nitrogens with two attached hydrogens (primary N) is 1. The summed E-state index contributed by atoms with van der Waals surface area (Å²) in [5.74, 6) is 0.707. The molecule has 0 spiro atoms. The Hall–Kier alpha value is -2.16. The Morgan fingerprint density at radius 1 is 1.05 bits per heavy atom. The van der Waals surface area contributed by atoms with Crippen molar-refractivity contribution in [2.75, 3.05) is 18.2 Å². The Morgan fingerprint density at radius 3 is 2.43 bits per heavy atom. The van der Waals surface area contributed by atoms with Crippen molar-refractivity contribution in [1.82, 2.24) is 0 Å². The van der Waals surface area contributed by atoms with Crippen LogP contribution in [0.3, 0.4) is 0 Å². The molecule has 3 nitrogen and oxygen atoms in total. The van der Waals surface area contributed by atoms with E-state index in [1.807, 2.05) is 24.3 Å². The molecule has 2 aromatic carbocycles. The van der Waals surface area contributed by atoms with E-state index in [2.05, 4.69) is 43.4 Å². The number of para-hydroxylation sites is 1. The van der Waals surface area contributed by atoms with Crippen LogP contribution in [0.15, 0.2) is 48.5 Å². The molecule has 2 rings (SSSR count). The summed E-state index contributed by atoms with van der Waals surface area (Å²) in [6, 6.07) is 16.3. The second-order valence-electron chi connectivity index (χ2n) is 5.92. The van der Waals surface area contributed by atoms with Gasteiger partial charge in [-0.05, 0) is 44.4 Å². The van der Waals surface area contributed by atoms with E-state index < -0.39 is 0 Å². The first-order valence-corrected chi connectivity index (χ1v) is 7.26. The van der Waals surface area contributed by atoms with E-state index in [1.54, 1.807) is 7.11 Å². The molecule has 2 aromatic rings. The SMILES string of the molecule is COc1cccc(NC(C)(C)CCc2ccccc2)c1N. The number of ether oxygens (including phenoxy) is 1. The van der Waals surface area contributed by atoms with Gasteiger partial charge in [-0.15, -0.1) is 0 Å². The van der Waals surface area contributed by atoms with E-state index in [0.29, 0.717) is 11.4 Å². The normalized spacial score (nSPS) is 11.2. The molecule has 0 saturated carbocycles. The third-order valence-electron chi connectivity index (χ3n) is 3.64. The van der Waals surface area contributed by atoms with Gasteiger partial charge in [0.25, 0.3) is 0 Å². The Morgan fingerprint density at radius 2 is 1.76 bits per heavy atom. The molecular formula is C18H24N2O. The van der Waals surface area contributed by atoms with Gasteiger partial charge in [0, 0.05) is 5.54 Å². The maximum Gasteiger partial charge on any atom is 0.143 e. The molecule has 0 aliphatic heterocycles. The molecule has 21 heavy (non-hydrogen) atoms. The number of anilines is 2. The number of hydrogen-bond acceptors (Lipinski definition) is 3. The van der Waals surface area contributed by atoms with E-state index in [9.17, 15) is 0 Å². The number of hydrogen-bond donors (Lipinski definition) is 2. The van der Waals surface area contributed by atoms with Crippen LogP contribution in [0.4, 0.5) is 11.4 Å². The van der Waals surface area contributed by atoms with Crippen molar-refractivity contribution in [3.8, 4) is 5.75 Å². The average molecular weight is 284 g/mol. The van der Waals surface area contributed by atoms with Crippen molar-refractivity contribution in [3.63, 3.8) is 0 Å². The zero-order chi connectivity index (χ0) is 15.3. The zero-order valence-corrected chi connectivity index (χ0v) is 13.0. The van der Waals surface area contributed by atoms with Crippen LogP contribution < -0.4 is 15.8 Å². The predicted molar refractivity (Wildman–Crippen MR) is 89.9 cm³/mol. The van der Waals surface area contributed by atoms with Gasteiger partial charge in [-0.25, -0.2) is 0 Å². The first-order chi connectivity index (χ1) is 10.0. The van der Waals surface area contributed by atoms with E-state index in [0.717, 1.165) is 18.5 Å². The van der Waals surface area contributed by atoms with Crippen LogP contribution in [0, 0.1) is 0 Å². The lowest BCUT2D eigenvalue weighted by Crippen LogP contribution is -2.31. The summed E-state index contributed by atoms with van der Waals surface area (Å²) in [6.45, 7) is 4.38. The minimum atomic E-state index is -0.0453. The molecule has 3 heteroatoms. The van der Waals surface area contributed by atoms with Crippen LogP contribution in [-0.4, -0.2) is 12.6 Å². The number of nitrogen functional groups attached to an aromatic ring is 1. The molecule has 0 aromatic heterocycles. The molecule has 0 bridgehead atoms. The number of methoxy groups -OCH3 is 1. The van der Waals surface area contributed by atoms with Crippen molar-refractivity contribution < 1.29 is 4.74 Å². The van der Waals surface area contributed by atoms with Crippen LogP contribution in [-0.2, 0) is 6.42 Å². The molecule has 0 aliphatic carbocycles. The minimum Gasteiger partial charge on any atom is -0.495 e. The third kappa shape index (κ3) is 4.15. The molecule has 0 unspecified atom stereocenters. The first kappa shape index (κ1) is 15.2. The quantitative estimate of drug-likeness (QED) is 0.785. The standard InChI is InChI=1S/C18H24N2O/c1-18(2,13-12-14-8-5-4-6-9-14)20-15-10-7-11-16(21-3)17(15)19/h4-11,20H,12-13,19H2,1-3H3. The van der Waals surface area contributed by atoms with Crippen molar-refractivity contribution in [2.45, 2.75) is 32.2 Å². The van der Waals surface area contributed by atoms with Crippen molar-refractivity contribution in [2.24, 2.45) is 0 Å². The highest BCUT2D eigenvalue weighted by Crippen LogP contribution is 2.31. The third-order valence-corrected chi connectivity index (χ3v) is 3.64. The lowest BCUT2D eigenvalue weighted by atomic mass is 9.94. The van der Waals surface area contributed by atoms with Gasteiger partial charge < -0.3 is 15.8 Å².